The van der Waals surface area contributed by atoms with E-state index in [1.165, 1.54) is 64.0 Å². The number of piperidine rings is 1. The number of hydrogen-bond acceptors (Lipinski definition) is 3. The van der Waals surface area contributed by atoms with Crippen molar-refractivity contribution in [3.63, 3.8) is 0 Å². The first-order valence-corrected chi connectivity index (χ1v) is 9.24. The van der Waals surface area contributed by atoms with Crippen molar-refractivity contribution in [3.8, 4) is 0 Å². The molecule has 3 saturated heterocycles. The summed E-state index contributed by atoms with van der Waals surface area (Å²) in [5.41, 5.74) is 2.31. The van der Waals surface area contributed by atoms with E-state index in [0.29, 0.717) is 5.41 Å². The monoisotopic (exact) mass is 314 g/mol. The summed E-state index contributed by atoms with van der Waals surface area (Å²) >= 11 is 0. The van der Waals surface area contributed by atoms with Crippen LogP contribution in [0.3, 0.4) is 0 Å². The normalized spacial score (nSPS) is 31.9. The van der Waals surface area contributed by atoms with Crippen molar-refractivity contribution in [1.29, 1.82) is 0 Å². The second-order valence-electron chi connectivity index (χ2n) is 8.21. The molecule has 23 heavy (non-hydrogen) atoms. The summed E-state index contributed by atoms with van der Waals surface area (Å²) in [6.07, 6.45) is 5.33. The van der Waals surface area contributed by atoms with Crippen LogP contribution in [0.15, 0.2) is 30.3 Å². The molecule has 3 nitrogen and oxygen atoms in total. The molecule has 0 amide bonds. The van der Waals surface area contributed by atoms with Gasteiger partial charge >= 0.3 is 0 Å². The molecule has 0 N–H and O–H groups in total. The summed E-state index contributed by atoms with van der Waals surface area (Å²) in [5, 5.41) is 0. The van der Waals surface area contributed by atoms with Gasteiger partial charge in [-0.1, -0.05) is 30.3 Å². The van der Waals surface area contributed by atoms with E-state index in [4.69, 9.17) is 4.74 Å². The number of benzene rings is 1. The van der Waals surface area contributed by atoms with E-state index in [2.05, 4.69) is 47.2 Å². The van der Waals surface area contributed by atoms with Crippen molar-refractivity contribution < 1.29 is 4.74 Å². The number of likely N-dealkylation sites (tertiary alicyclic amines) is 2. The molecule has 0 saturated carbocycles. The van der Waals surface area contributed by atoms with Gasteiger partial charge in [0.15, 0.2) is 0 Å². The number of hydrogen-bond donors (Lipinski definition) is 0. The third-order valence-electron chi connectivity index (χ3n) is 6.56. The highest BCUT2D eigenvalue weighted by molar-refractivity contribution is 5.27. The highest BCUT2D eigenvalue weighted by atomic mass is 16.5. The van der Waals surface area contributed by atoms with Crippen LogP contribution in [-0.2, 0) is 10.2 Å². The Morgan fingerprint density at radius 2 is 1.74 bits per heavy atom. The van der Waals surface area contributed by atoms with E-state index in [1.54, 1.807) is 0 Å². The first-order valence-electron chi connectivity index (χ1n) is 9.24. The van der Waals surface area contributed by atoms with E-state index in [9.17, 15) is 0 Å². The lowest BCUT2D eigenvalue weighted by Gasteiger charge is -2.42. The summed E-state index contributed by atoms with van der Waals surface area (Å²) in [7, 11) is 2.28. The molecule has 3 aliphatic rings. The average Bonchev–Trinajstić information content (AvgIpc) is 3.19. The molecule has 3 aliphatic heterocycles. The summed E-state index contributed by atoms with van der Waals surface area (Å²) in [4.78, 5) is 5.23. The molecule has 1 aromatic rings. The molecule has 3 heterocycles. The zero-order valence-electron chi connectivity index (χ0n) is 14.5. The fraction of sp³-hybridized carbons (Fsp3) is 0.700. The van der Waals surface area contributed by atoms with E-state index >= 15 is 0 Å². The number of nitrogens with zero attached hydrogens (tertiary/aromatic N) is 2. The summed E-state index contributed by atoms with van der Waals surface area (Å²) in [6, 6.07) is 11.1. The topological polar surface area (TPSA) is 15.7 Å². The van der Waals surface area contributed by atoms with Crippen LogP contribution in [0.25, 0.3) is 0 Å². The molecule has 0 unspecified atom stereocenters. The largest absolute Gasteiger partial charge is 0.380 e. The summed E-state index contributed by atoms with van der Waals surface area (Å²) < 4.78 is 5.83. The molecule has 1 spiro atoms. The van der Waals surface area contributed by atoms with Crippen LogP contribution in [0.1, 0.15) is 31.2 Å². The van der Waals surface area contributed by atoms with Gasteiger partial charge < -0.3 is 14.5 Å². The molecule has 126 valence electrons. The Balaban J connectivity index is 1.43. The quantitative estimate of drug-likeness (QED) is 0.853. The van der Waals surface area contributed by atoms with Gasteiger partial charge in [-0.3, -0.25) is 0 Å². The van der Waals surface area contributed by atoms with E-state index < -0.39 is 0 Å². The van der Waals surface area contributed by atoms with Crippen LogP contribution < -0.4 is 0 Å². The molecule has 0 aliphatic carbocycles. The van der Waals surface area contributed by atoms with Crippen molar-refractivity contribution in [2.45, 2.75) is 31.1 Å². The minimum Gasteiger partial charge on any atom is -0.380 e. The van der Waals surface area contributed by atoms with E-state index in [-0.39, 0.29) is 5.41 Å². The van der Waals surface area contributed by atoms with Crippen LogP contribution >= 0.6 is 0 Å². The fourth-order valence-electron chi connectivity index (χ4n) is 5.02. The van der Waals surface area contributed by atoms with Gasteiger partial charge in [-0.15, -0.1) is 0 Å². The van der Waals surface area contributed by atoms with Crippen LogP contribution in [0, 0.1) is 5.41 Å². The van der Waals surface area contributed by atoms with Gasteiger partial charge in [-0.05, 0) is 63.3 Å². The van der Waals surface area contributed by atoms with Gasteiger partial charge in [0.05, 0.1) is 6.61 Å². The molecule has 1 aromatic carbocycles. The number of rotatable bonds is 3. The zero-order valence-corrected chi connectivity index (χ0v) is 14.5. The lowest BCUT2D eigenvalue weighted by Crippen LogP contribution is -2.47. The first-order chi connectivity index (χ1) is 11.2. The van der Waals surface area contributed by atoms with Gasteiger partial charge in [0.25, 0.3) is 0 Å². The molecule has 3 fully saturated rings. The smallest absolute Gasteiger partial charge is 0.0576 e. The summed E-state index contributed by atoms with van der Waals surface area (Å²) in [6.45, 7) is 8.11. The Bertz CT molecular complexity index is 516. The van der Waals surface area contributed by atoms with E-state index in [1.807, 2.05) is 0 Å². The molecule has 0 aromatic heterocycles. The standard InChI is InChI=1S/C20H30N2O/c1-21-11-7-19(15-21)8-12-22(13-9-19)16-20(10-14-23-17-20)18-5-3-2-4-6-18/h2-6H,7-17H2,1H3/t20-/m1/s1. The van der Waals surface area contributed by atoms with Crippen molar-refractivity contribution in [3.05, 3.63) is 35.9 Å². The Morgan fingerprint density at radius 1 is 1.00 bits per heavy atom. The SMILES string of the molecule is CN1CCC2(CCN(C[C@]3(c4ccccc4)CCOC3)CC2)C1. The second-order valence-corrected chi connectivity index (χ2v) is 8.21. The Hall–Kier alpha value is -0.900. The van der Waals surface area contributed by atoms with Gasteiger partial charge in [-0.25, -0.2) is 0 Å². The molecule has 0 bridgehead atoms. The Morgan fingerprint density at radius 3 is 2.35 bits per heavy atom. The highest BCUT2D eigenvalue weighted by Crippen LogP contribution is 2.41. The average molecular weight is 314 g/mol. The predicted octanol–water partition coefficient (Wildman–Crippen LogP) is 2.76. The van der Waals surface area contributed by atoms with Crippen LogP contribution in [0.4, 0.5) is 0 Å². The van der Waals surface area contributed by atoms with Crippen LogP contribution in [-0.4, -0.2) is 62.8 Å². The first kappa shape index (κ1) is 15.6. The lowest BCUT2D eigenvalue weighted by atomic mass is 9.75. The molecule has 0 radical (unpaired) electrons. The third-order valence-corrected chi connectivity index (χ3v) is 6.56. The summed E-state index contributed by atoms with van der Waals surface area (Å²) in [5.74, 6) is 0. The second kappa shape index (κ2) is 6.19. The van der Waals surface area contributed by atoms with Crippen molar-refractivity contribution in [2.24, 2.45) is 5.41 Å². The molecule has 1 atom stereocenters. The van der Waals surface area contributed by atoms with Gasteiger partial charge in [0.1, 0.15) is 0 Å². The van der Waals surface area contributed by atoms with Crippen molar-refractivity contribution >= 4 is 0 Å². The molecular weight excluding hydrogens is 284 g/mol. The van der Waals surface area contributed by atoms with E-state index in [0.717, 1.165) is 13.2 Å². The van der Waals surface area contributed by atoms with Crippen LogP contribution in [0.2, 0.25) is 0 Å². The molecule has 3 heteroatoms. The van der Waals surface area contributed by atoms with Gasteiger partial charge in [-0.2, -0.15) is 0 Å². The van der Waals surface area contributed by atoms with Gasteiger partial charge in [0, 0.05) is 25.1 Å². The maximum absolute atomic E-state index is 5.83. The van der Waals surface area contributed by atoms with Crippen molar-refractivity contribution in [2.75, 3.05) is 53.0 Å². The third kappa shape index (κ3) is 3.07. The van der Waals surface area contributed by atoms with Crippen molar-refractivity contribution in [1.82, 2.24) is 9.80 Å². The lowest BCUT2D eigenvalue weighted by molar-refractivity contribution is 0.0840. The predicted molar refractivity (Wildman–Crippen MR) is 93.8 cm³/mol. The minimum absolute atomic E-state index is 0.220. The van der Waals surface area contributed by atoms with Crippen LogP contribution in [0.5, 0.6) is 0 Å². The molecular formula is C20H30N2O. The number of ether oxygens (including phenoxy) is 1. The Labute approximate surface area is 140 Å². The molecule has 4 rings (SSSR count). The fourth-order valence-corrected chi connectivity index (χ4v) is 5.02. The maximum atomic E-state index is 5.83. The highest BCUT2D eigenvalue weighted by Gasteiger charge is 2.43. The zero-order chi connectivity index (χ0) is 15.8. The van der Waals surface area contributed by atoms with Gasteiger partial charge in [0.2, 0.25) is 0 Å². The minimum atomic E-state index is 0.220. The Kier molecular flexibility index (Phi) is 4.21. The maximum Gasteiger partial charge on any atom is 0.0576 e.